The Kier molecular flexibility index (Phi) is 6.59. The van der Waals surface area contributed by atoms with E-state index in [1.54, 1.807) is 25.3 Å². The molecule has 2 aromatic carbocycles. The summed E-state index contributed by atoms with van der Waals surface area (Å²) in [7, 11) is 0. The van der Waals surface area contributed by atoms with Crippen LogP contribution in [0.4, 0.5) is 8.78 Å². The van der Waals surface area contributed by atoms with Crippen molar-refractivity contribution in [3.8, 4) is 5.75 Å². The normalized spacial score (nSPS) is 12.0. The van der Waals surface area contributed by atoms with Crippen molar-refractivity contribution >= 4 is 5.91 Å². The van der Waals surface area contributed by atoms with Crippen LogP contribution in [0.15, 0.2) is 60.8 Å². The van der Waals surface area contributed by atoms with Crippen LogP contribution in [0, 0.1) is 0 Å². The van der Waals surface area contributed by atoms with Gasteiger partial charge in [0.05, 0.1) is 30.0 Å². The van der Waals surface area contributed by atoms with Crippen LogP contribution < -0.4 is 10.1 Å². The Labute approximate surface area is 168 Å². The molecule has 0 radical (unpaired) electrons. The molecule has 152 valence electrons. The molecule has 1 N–H and O–H groups in total. The highest BCUT2D eigenvalue weighted by Gasteiger charge is 2.19. The molecule has 1 amide bonds. The van der Waals surface area contributed by atoms with E-state index in [1.807, 2.05) is 41.9 Å². The van der Waals surface area contributed by atoms with E-state index in [0.717, 1.165) is 11.3 Å². The number of aromatic nitrogens is 2. The maximum atomic E-state index is 12.8. The standard InChI is InChI=1S/C22H23F2N3O2/c1-3-20-19(13-25-27(20)14-16-8-5-4-6-9-16)21(28)26-15(2)17-10-7-11-18(12-17)29-22(23)24/h4-13,15,22H,3,14H2,1-2H3,(H,26,28). The van der Waals surface area contributed by atoms with Crippen LogP contribution in [0.25, 0.3) is 0 Å². The van der Waals surface area contributed by atoms with Gasteiger partial charge in [0, 0.05) is 0 Å². The van der Waals surface area contributed by atoms with Crippen molar-refractivity contribution in [2.24, 2.45) is 0 Å². The average Bonchev–Trinajstić information content (AvgIpc) is 3.11. The number of hydrogen-bond donors (Lipinski definition) is 1. The summed E-state index contributed by atoms with van der Waals surface area (Å²) in [4.78, 5) is 12.8. The molecule has 0 saturated carbocycles. The van der Waals surface area contributed by atoms with E-state index >= 15 is 0 Å². The molecule has 7 heteroatoms. The van der Waals surface area contributed by atoms with Crippen molar-refractivity contribution in [1.82, 2.24) is 15.1 Å². The molecule has 3 aromatic rings. The van der Waals surface area contributed by atoms with Gasteiger partial charge in [-0.15, -0.1) is 0 Å². The van der Waals surface area contributed by atoms with Gasteiger partial charge in [0.1, 0.15) is 5.75 Å². The Hall–Kier alpha value is -3.22. The second-order valence-corrected chi connectivity index (χ2v) is 6.65. The number of hydrogen-bond acceptors (Lipinski definition) is 3. The highest BCUT2D eigenvalue weighted by atomic mass is 19.3. The summed E-state index contributed by atoms with van der Waals surface area (Å²) >= 11 is 0. The first-order valence-electron chi connectivity index (χ1n) is 9.42. The predicted molar refractivity (Wildman–Crippen MR) is 106 cm³/mol. The Morgan fingerprint density at radius 1 is 1.17 bits per heavy atom. The topological polar surface area (TPSA) is 56.1 Å². The van der Waals surface area contributed by atoms with Gasteiger partial charge in [-0.2, -0.15) is 13.9 Å². The lowest BCUT2D eigenvalue weighted by Gasteiger charge is -2.16. The molecule has 0 aliphatic rings. The van der Waals surface area contributed by atoms with Crippen LogP contribution in [0.1, 0.15) is 47.1 Å². The third-order valence-electron chi connectivity index (χ3n) is 4.63. The number of nitrogens with one attached hydrogen (secondary N) is 1. The maximum Gasteiger partial charge on any atom is 0.387 e. The quantitative estimate of drug-likeness (QED) is 0.603. The number of ether oxygens (including phenoxy) is 1. The first-order valence-corrected chi connectivity index (χ1v) is 9.42. The molecule has 0 bridgehead atoms. The van der Waals surface area contributed by atoms with Crippen molar-refractivity contribution in [3.63, 3.8) is 0 Å². The third-order valence-corrected chi connectivity index (χ3v) is 4.63. The summed E-state index contributed by atoms with van der Waals surface area (Å²) in [6, 6.07) is 15.8. The van der Waals surface area contributed by atoms with E-state index < -0.39 is 6.61 Å². The van der Waals surface area contributed by atoms with Gasteiger partial charge in [0.25, 0.3) is 5.91 Å². The molecular weight excluding hydrogens is 376 g/mol. The van der Waals surface area contributed by atoms with Crippen LogP contribution in [0.3, 0.4) is 0 Å². The summed E-state index contributed by atoms with van der Waals surface area (Å²) < 4.78 is 31.1. The van der Waals surface area contributed by atoms with Gasteiger partial charge in [0.15, 0.2) is 0 Å². The molecule has 0 fully saturated rings. The highest BCUT2D eigenvalue weighted by molar-refractivity contribution is 5.95. The fourth-order valence-electron chi connectivity index (χ4n) is 3.18. The summed E-state index contributed by atoms with van der Waals surface area (Å²) in [5, 5.41) is 7.29. The minimum Gasteiger partial charge on any atom is -0.435 e. The second-order valence-electron chi connectivity index (χ2n) is 6.65. The summed E-state index contributed by atoms with van der Waals surface area (Å²) in [5.41, 5.74) is 3.12. The van der Waals surface area contributed by atoms with Gasteiger partial charge in [-0.3, -0.25) is 9.48 Å². The van der Waals surface area contributed by atoms with Crippen molar-refractivity contribution < 1.29 is 18.3 Å². The molecule has 0 aliphatic carbocycles. The Morgan fingerprint density at radius 2 is 1.93 bits per heavy atom. The molecule has 1 unspecified atom stereocenters. The van der Waals surface area contributed by atoms with Crippen LogP contribution in [-0.4, -0.2) is 22.3 Å². The van der Waals surface area contributed by atoms with Gasteiger partial charge in [-0.25, -0.2) is 0 Å². The number of nitrogens with zero attached hydrogens (tertiary/aromatic N) is 2. The van der Waals surface area contributed by atoms with Crippen molar-refractivity contribution in [3.05, 3.63) is 83.2 Å². The van der Waals surface area contributed by atoms with E-state index in [-0.39, 0.29) is 17.7 Å². The van der Waals surface area contributed by atoms with Crippen LogP contribution >= 0.6 is 0 Å². The first-order chi connectivity index (χ1) is 14.0. The van der Waals surface area contributed by atoms with Gasteiger partial charge >= 0.3 is 6.61 Å². The smallest absolute Gasteiger partial charge is 0.387 e. The molecule has 1 heterocycles. The summed E-state index contributed by atoms with van der Waals surface area (Å²) in [6.45, 7) is 1.46. The number of rotatable bonds is 8. The van der Waals surface area contributed by atoms with Crippen molar-refractivity contribution in [2.45, 2.75) is 39.5 Å². The SMILES string of the molecule is CCc1c(C(=O)NC(C)c2cccc(OC(F)F)c2)cnn1Cc1ccccc1. The van der Waals surface area contributed by atoms with Crippen LogP contribution in [0.5, 0.6) is 5.75 Å². The number of alkyl halides is 2. The van der Waals surface area contributed by atoms with E-state index in [0.29, 0.717) is 24.1 Å². The van der Waals surface area contributed by atoms with Gasteiger partial charge in [-0.05, 0) is 36.6 Å². The number of carbonyl (C=O) groups is 1. The lowest BCUT2D eigenvalue weighted by Crippen LogP contribution is -2.27. The average molecular weight is 399 g/mol. The zero-order valence-corrected chi connectivity index (χ0v) is 16.3. The molecule has 1 aromatic heterocycles. The minimum absolute atomic E-state index is 0.0588. The Morgan fingerprint density at radius 3 is 2.62 bits per heavy atom. The van der Waals surface area contributed by atoms with Crippen molar-refractivity contribution in [2.75, 3.05) is 0 Å². The zero-order chi connectivity index (χ0) is 20.8. The predicted octanol–water partition coefficient (Wildman–Crippen LogP) is 4.59. The van der Waals surface area contributed by atoms with E-state index in [2.05, 4.69) is 15.2 Å². The molecule has 3 rings (SSSR count). The van der Waals surface area contributed by atoms with E-state index in [9.17, 15) is 13.6 Å². The monoisotopic (exact) mass is 399 g/mol. The number of halogens is 2. The second kappa shape index (κ2) is 9.32. The molecular formula is C22H23F2N3O2. The first kappa shape index (κ1) is 20.5. The molecule has 1 atom stereocenters. The van der Waals surface area contributed by atoms with E-state index in [4.69, 9.17) is 0 Å². The third kappa shape index (κ3) is 5.19. The van der Waals surface area contributed by atoms with Gasteiger partial charge in [0.2, 0.25) is 0 Å². The van der Waals surface area contributed by atoms with Gasteiger partial charge < -0.3 is 10.1 Å². The van der Waals surface area contributed by atoms with Crippen LogP contribution in [-0.2, 0) is 13.0 Å². The molecule has 5 nitrogen and oxygen atoms in total. The summed E-state index contributed by atoms with van der Waals surface area (Å²) in [6.07, 6.45) is 2.22. The van der Waals surface area contributed by atoms with Crippen LogP contribution in [0.2, 0.25) is 0 Å². The fourth-order valence-corrected chi connectivity index (χ4v) is 3.18. The van der Waals surface area contributed by atoms with Crippen molar-refractivity contribution in [1.29, 1.82) is 0 Å². The minimum atomic E-state index is -2.89. The molecule has 0 spiro atoms. The van der Waals surface area contributed by atoms with E-state index in [1.165, 1.54) is 12.1 Å². The number of carbonyl (C=O) groups excluding carboxylic acids is 1. The Bertz CT molecular complexity index is 958. The number of benzene rings is 2. The fraction of sp³-hybridized carbons (Fsp3) is 0.273. The lowest BCUT2D eigenvalue weighted by atomic mass is 10.1. The molecule has 0 aliphatic heterocycles. The molecule has 0 saturated heterocycles. The summed E-state index contributed by atoms with van der Waals surface area (Å²) in [5.74, 6) is -0.197. The highest BCUT2D eigenvalue weighted by Crippen LogP contribution is 2.21. The Balaban J connectivity index is 1.73. The molecule has 29 heavy (non-hydrogen) atoms. The zero-order valence-electron chi connectivity index (χ0n) is 16.3. The lowest BCUT2D eigenvalue weighted by molar-refractivity contribution is -0.0499. The number of amides is 1. The largest absolute Gasteiger partial charge is 0.435 e. The maximum absolute atomic E-state index is 12.8. The van der Waals surface area contributed by atoms with Gasteiger partial charge in [-0.1, -0.05) is 49.4 Å².